The lowest BCUT2D eigenvalue weighted by Gasteiger charge is -1.95. The molecule has 1 heterocycles. The summed E-state index contributed by atoms with van der Waals surface area (Å²) in [7, 11) is 0. The van der Waals surface area contributed by atoms with Gasteiger partial charge in [-0.3, -0.25) is 0 Å². The number of halogens is 1. The van der Waals surface area contributed by atoms with Crippen molar-refractivity contribution in [2.75, 3.05) is 5.33 Å². The van der Waals surface area contributed by atoms with Crippen molar-refractivity contribution in [3.63, 3.8) is 0 Å². The fraction of sp³-hybridized carbons (Fsp3) is 0.250. The minimum absolute atomic E-state index is 0.874. The second-order valence-electron chi connectivity index (χ2n) is 3.49. The van der Waals surface area contributed by atoms with E-state index < -0.39 is 0 Å². The van der Waals surface area contributed by atoms with Crippen LogP contribution in [-0.4, -0.2) is 10.5 Å². The van der Waals surface area contributed by atoms with Gasteiger partial charge in [-0.2, -0.15) is 0 Å². The zero-order valence-corrected chi connectivity index (χ0v) is 10.1. The maximum atomic E-state index is 5.22. The summed E-state index contributed by atoms with van der Waals surface area (Å²) in [5, 5.41) is 4.95. The first-order chi connectivity index (χ1) is 7.29. The Balaban J connectivity index is 2.29. The highest BCUT2D eigenvalue weighted by Crippen LogP contribution is 2.20. The molecule has 3 heteroatoms. The molecule has 0 spiro atoms. The summed E-state index contributed by atoms with van der Waals surface area (Å²) in [5.41, 5.74) is 3.26. The van der Waals surface area contributed by atoms with E-state index in [1.54, 1.807) is 0 Å². The summed E-state index contributed by atoms with van der Waals surface area (Å²) in [4.78, 5) is 0. The summed E-state index contributed by atoms with van der Waals surface area (Å²) in [6.07, 6.45) is 0.874. The Kier molecular flexibility index (Phi) is 3.21. The highest BCUT2D eigenvalue weighted by Gasteiger charge is 2.05. The maximum Gasteiger partial charge on any atom is 0.138 e. The van der Waals surface area contributed by atoms with Crippen LogP contribution in [0.3, 0.4) is 0 Å². The van der Waals surface area contributed by atoms with Gasteiger partial charge in [-0.25, -0.2) is 0 Å². The summed E-state index contributed by atoms with van der Waals surface area (Å²) < 4.78 is 5.22. The van der Waals surface area contributed by atoms with Crippen LogP contribution >= 0.6 is 15.9 Å². The largest absolute Gasteiger partial charge is 0.361 e. The first kappa shape index (κ1) is 10.4. The smallest absolute Gasteiger partial charge is 0.138 e. The van der Waals surface area contributed by atoms with Crippen LogP contribution in [0.15, 0.2) is 34.9 Å². The van der Waals surface area contributed by atoms with E-state index in [9.17, 15) is 0 Å². The lowest BCUT2D eigenvalue weighted by Crippen LogP contribution is -1.80. The van der Waals surface area contributed by atoms with E-state index in [1.807, 2.05) is 18.2 Å². The maximum absolute atomic E-state index is 5.22. The molecule has 0 amide bonds. The predicted molar refractivity (Wildman–Crippen MR) is 64.2 cm³/mol. The van der Waals surface area contributed by atoms with Gasteiger partial charge in [0, 0.05) is 23.4 Å². The molecule has 0 aliphatic heterocycles. The van der Waals surface area contributed by atoms with Crippen LogP contribution in [-0.2, 0) is 6.42 Å². The number of hydrogen-bond acceptors (Lipinski definition) is 2. The molecule has 0 fully saturated rings. The van der Waals surface area contributed by atoms with Gasteiger partial charge in [-0.05, 0) is 13.0 Å². The summed E-state index contributed by atoms with van der Waals surface area (Å²) in [5.74, 6) is 0.920. The minimum atomic E-state index is 0.874. The van der Waals surface area contributed by atoms with E-state index >= 15 is 0 Å². The summed E-state index contributed by atoms with van der Waals surface area (Å²) >= 11 is 3.38. The molecule has 0 bridgehead atoms. The van der Waals surface area contributed by atoms with E-state index in [-0.39, 0.29) is 0 Å². The molecule has 78 valence electrons. The topological polar surface area (TPSA) is 26.0 Å². The van der Waals surface area contributed by atoms with Crippen molar-refractivity contribution in [3.05, 3.63) is 41.7 Å². The number of rotatable bonds is 3. The standard InChI is InChI=1S/C12H12BrNO/c1-9-3-2-4-10(7-9)12-8-11(5-6-13)15-14-12/h2-4,7-8H,5-6H2,1H3. The molecular formula is C12H12BrNO. The third kappa shape index (κ3) is 2.48. The van der Waals surface area contributed by atoms with Gasteiger partial charge >= 0.3 is 0 Å². The quantitative estimate of drug-likeness (QED) is 0.793. The third-order valence-corrected chi connectivity index (χ3v) is 2.61. The molecule has 0 aliphatic carbocycles. The normalized spacial score (nSPS) is 10.5. The molecule has 0 aliphatic rings. The third-order valence-electron chi connectivity index (χ3n) is 2.21. The van der Waals surface area contributed by atoms with Crippen molar-refractivity contribution in [3.8, 4) is 11.3 Å². The number of alkyl halides is 1. The van der Waals surface area contributed by atoms with Crippen LogP contribution in [0.4, 0.5) is 0 Å². The molecule has 0 saturated carbocycles. The van der Waals surface area contributed by atoms with Crippen molar-refractivity contribution in [2.45, 2.75) is 13.3 Å². The molecule has 2 rings (SSSR count). The summed E-state index contributed by atoms with van der Waals surface area (Å²) in [6, 6.07) is 10.3. The molecule has 0 radical (unpaired) electrons. The van der Waals surface area contributed by atoms with Crippen LogP contribution in [0.25, 0.3) is 11.3 Å². The monoisotopic (exact) mass is 265 g/mol. The lowest BCUT2D eigenvalue weighted by atomic mass is 10.1. The van der Waals surface area contributed by atoms with Gasteiger partial charge in [-0.1, -0.05) is 44.8 Å². The zero-order valence-electron chi connectivity index (χ0n) is 8.53. The van der Waals surface area contributed by atoms with E-state index in [4.69, 9.17) is 4.52 Å². The number of nitrogens with zero attached hydrogens (tertiary/aromatic N) is 1. The molecule has 2 aromatic rings. The number of aromatic nitrogens is 1. The second-order valence-corrected chi connectivity index (χ2v) is 4.28. The van der Waals surface area contributed by atoms with Crippen LogP contribution in [0.1, 0.15) is 11.3 Å². The van der Waals surface area contributed by atoms with Crippen LogP contribution < -0.4 is 0 Å². The average molecular weight is 266 g/mol. The fourth-order valence-electron chi connectivity index (χ4n) is 1.46. The minimum Gasteiger partial charge on any atom is -0.361 e. The molecule has 1 aromatic carbocycles. The fourth-order valence-corrected chi connectivity index (χ4v) is 1.86. The van der Waals surface area contributed by atoms with Gasteiger partial charge in [0.15, 0.2) is 0 Å². The Morgan fingerprint density at radius 3 is 2.93 bits per heavy atom. The molecule has 0 saturated heterocycles. The Bertz CT molecular complexity index is 450. The molecule has 0 unspecified atom stereocenters. The molecule has 0 atom stereocenters. The highest BCUT2D eigenvalue weighted by atomic mass is 79.9. The van der Waals surface area contributed by atoms with Gasteiger partial charge in [0.05, 0.1) is 0 Å². The van der Waals surface area contributed by atoms with Gasteiger partial charge in [0.25, 0.3) is 0 Å². The SMILES string of the molecule is Cc1cccc(-c2cc(CCBr)on2)c1. The van der Waals surface area contributed by atoms with Gasteiger partial charge < -0.3 is 4.52 Å². The Morgan fingerprint density at radius 1 is 1.33 bits per heavy atom. The highest BCUT2D eigenvalue weighted by molar-refractivity contribution is 9.09. The predicted octanol–water partition coefficient (Wildman–Crippen LogP) is 3.59. The first-order valence-electron chi connectivity index (χ1n) is 4.88. The molecule has 1 aromatic heterocycles. The number of benzene rings is 1. The van der Waals surface area contributed by atoms with Crippen molar-refractivity contribution in [1.82, 2.24) is 5.16 Å². The van der Waals surface area contributed by atoms with Gasteiger partial charge in [-0.15, -0.1) is 0 Å². The first-order valence-corrected chi connectivity index (χ1v) is 6.00. The van der Waals surface area contributed by atoms with E-state index in [0.29, 0.717) is 0 Å². The van der Waals surface area contributed by atoms with E-state index in [1.165, 1.54) is 5.56 Å². The second kappa shape index (κ2) is 4.62. The van der Waals surface area contributed by atoms with Crippen LogP contribution in [0, 0.1) is 6.92 Å². The van der Waals surface area contributed by atoms with Crippen LogP contribution in [0.2, 0.25) is 0 Å². The van der Waals surface area contributed by atoms with Gasteiger partial charge in [0.2, 0.25) is 0 Å². The van der Waals surface area contributed by atoms with Crippen molar-refractivity contribution in [1.29, 1.82) is 0 Å². The van der Waals surface area contributed by atoms with Crippen molar-refractivity contribution < 1.29 is 4.52 Å². The Labute approximate surface area is 97.4 Å². The number of aryl methyl sites for hydroxylation is 2. The number of hydrogen-bond donors (Lipinski definition) is 0. The summed E-state index contributed by atoms with van der Waals surface area (Å²) in [6.45, 7) is 2.07. The average Bonchev–Trinajstić information content (AvgIpc) is 2.67. The Hall–Kier alpha value is -1.09. The van der Waals surface area contributed by atoms with Crippen LogP contribution in [0.5, 0.6) is 0 Å². The zero-order chi connectivity index (χ0) is 10.7. The molecule has 2 nitrogen and oxygen atoms in total. The van der Waals surface area contributed by atoms with Crippen molar-refractivity contribution >= 4 is 15.9 Å². The Morgan fingerprint density at radius 2 is 2.20 bits per heavy atom. The molecule has 15 heavy (non-hydrogen) atoms. The molecule has 0 N–H and O–H groups in total. The van der Waals surface area contributed by atoms with Gasteiger partial charge in [0.1, 0.15) is 11.5 Å². The van der Waals surface area contributed by atoms with Crippen molar-refractivity contribution in [2.24, 2.45) is 0 Å². The van der Waals surface area contributed by atoms with E-state index in [0.717, 1.165) is 28.8 Å². The van der Waals surface area contributed by atoms with E-state index in [2.05, 4.69) is 40.1 Å². The lowest BCUT2D eigenvalue weighted by molar-refractivity contribution is 0.390. The molecular weight excluding hydrogens is 254 g/mol.